The number of fused-ring (bicyclic) bond motifs is 1. The van der Waals surface area contributed by atoms with Crippen LogP contribution < -0.4 is 4.74 Å². The summed E-state index contributed by atoms with van der Waals surface area (Å²) in [5, 5.41) is 0.868. The Morgan fingerprint density at radius 1 is 0.806 bits per heavy atom. The topological polar surface area (TPSA) is 48.4 Å². The summed E-state index contributed by atoms with van der Waals surface area (Å²) in [6.45, 7) is 5.58. The van der Waals surface area contributed by atoms with Crippen molar-refractivity contribution in [2.45, 2.75) is 26.4 Å². The molecule has 4 rings (SSSR count). The van der Waals surface area contributed by atoms with E-state index in [9.17, 15) is 4.79 Å². The van der Waals surface area contributed by atoms with Gasteiger partial charge in [-0.3, -0.25) is 0 Å². The van der Waals surface area contributed by atoms with Crippen LogP contribution in [0.5, 0.6) is 5.88 Å². The second-order valence-corrected chi connectivity index (χ2v) is 8.36. The average Bonchev–Trinajstić information content (AvgIpc) is 2.77. The maximum Gasteiger partial charge on any atom is 0.338 e. The molecule has 0 bridgehead atoms. The Balaban J connectivity index is 1.94. The van der Waals surface area contributed by atoms with Crippen molar-refractivity contribution in [3.63, 3.8) is 0 Å². The summed E-state index contributed by atoms with van der Waals surface area (Å²) in [7, 11) is 1.61. The van der Waals surface area contributed by atoms with E-state index in [0.29, 0.717) is 11.4 Å². The molecule has 0 amide bonds. The number of esters is 1. The van der Waals surface area contributed by atoms with E-state index in [4.69, 9.17) is 9.47 Å². The van der Waals surface area contributed by atoms with E-state index in [0.717, 1.165) is 33.2 Å². The van der Waals surface area contributed by atoms with Gasteiger partial charge in [-0.05, 0) is 61.2 Å². The minimum Gasteiger partial charge on any atom is -0.481 e. The number of hydrogen-bond acceptors (Lipinski definition) is 4. The number of nitrogens with zero attached hydrogens (tertiary/aromatic N) is 1. The summed E-state index contributed by atoms with van der Waals surface area (Å²) in [6.07, 6.45) is 0. The monoisotopic (exact) mass is 411 g/mol. The molecule has 0 aliphatic carbocycles. The van der Waals surface area contributed by atoms with Crippen LogP contribution in [0.4, 0.5) is 0 Å². The molecule has 0 N–H and O–H groups in total. The lowest BCUT2D eigenvalue weighted by atomic mass is 9.92. The van der Waals surface area contributed by atoms with Crippen LogP contribution in [0.1, 0.15) is 31.1 Å². The molecule has 4 aromatic rings. The van der Waals surface area contributed by atoms with Crippen LogP contribution in [0, 0.1) is 0 Å². The number of benzene rings is 3. The lowest BCUT2D eigenvalue weighted by Gasteiger charge is -2.20. The van der Waals surface area contributed by atoms with Gasteiger partial charge in [0.25, 0.3) is 0 Å². The second kappa shape index (κ2) is 8.23. The fraction of sp³-hybridized carbons (Fsp3) is 0.185. The number of carbonyl (C=O) groups is 1. The van der Waals surface area contributed by atoms with E-state index in [1.165, 1.54) is 0 Å². The molecule has 156 valence electrons. The summed E-state index contributed by atoms with van der Waals surface area (Å²) >= 11 is 0. The maximum atomic E-state index is 12.7. The van der Waals surface area contributed by atoms with Crippen molar-refractivity contribution in [2.75, 3.05) is 7.11 Å². The maximum absolute atomic E-state index is 12.7. The quantitative estimate of drug-likeness (QED) is 0.358. The molecule has 0 unspecified atom stereocenters. The molecule has 4 heteroatoms. The number of rotatable bonds is 4. The Hall–Kier alpha value is -3.66. The highest BCUT2D eigenvalue weighted by molar-refractivity contribution is 6.03. The summed E-state index contributed by atoms with van der Waals surface area (Å²) < 4.78 is 11.0. The van der Waals surface area contributed by atoms with Crippen molar-refractivity contribution in [3.05, 3.63) is 84.4 Å². The summed E-state index contributed by atoms with van der Waals surface area (Å²) in [4.78, 5) is 17.3. The third-order valence-electron chi connectivity index (χ3n) is 4.93. The molecule has 1 heterocycles. The van der Waals surface area contributed by atoms with Crippen LogP contribution in [0.3, 0.4) is 0 Å². The highest BCUT2D eigenvalue weighted by atomic mass is 16.6. The zero-order valence-corrected chi connectivity index (χ0v) is 18.2. The van der Waals surface area contributed by atoms with E-state index in [2.05, 4.69) is 29.2 Å². The van der Waals surface area contributed by atoms with Crippen LogP contribution in [0.15, 0.2) is 78.9 Å². The van der Waals surface area contributed by atoms with Crippen molar-refractivity contribution in [1.29, 1.82) is 0 Å². The summed E-state index contributed by atoms with van der Waals surface area (Å²) in [5.41, 5.74) is 4.89. The van der Waals surface area contributed by atoms with Crippen LogP contribution in [-0.4, -0.2) is 23.7 Å². The molecule has 0 atom stereocenters. The lowest BCUT2D eigenvalue weighted by molar-refractivity contribution is 0.00697. The summed E-state index contributed by atoms with van der Waals surface area (Å²) in [6, 6.07) is 25.8. The van der Waals surface area contributed by atoms with Gasteiger partial charge in [-0.25, -0.2) is 9.78 Å². The molecule has 0 spiro atoms. The van der Waals surface area contributed by atoms with E-state index < -0.39 is 5.60 Å². The zero-order chi connectivity index (χ0) is 22.0. The van der Waals surface area contributed by atoms with Gasteiger partial charge < -0.3 is 9.47 Å². The van der Waals surface area contributed by atoms with Gasteiger partial charge in [0, 0.05) is 11.5 Å². The van der Waals surface area contributed by atoms with Gasteiger partial charge in [0.2, 0.25) is 5.88 Å². The van der Waals surface area contributed by atoms with E-state index in [1.54, 1.807) is 13.2 Å². The van der Waals surface area contributed by atoms with Gasteiger partial charge in [0.05, 0.1) is 18.2 Å². The molecular weight excluding hydrogens is 386 g/mol. The smallest absolute Gasteiger partial charge is 0.338 e. The van der Waals surface area contributed by atoms with Gasteiger partial charge >= 0.3 is 5.97 Å². The molecule has 0 radical (unpaired) electrons. The van der Waals surface area contributed by atoms with Gasteiger partial charge in [-0.1, -0.05) is 54.6 Å². The zero-order valence-electron chi connectivity index (χ0n) is 18.2. The molecule has 1 aromatic heterocycles. The predicted molar refractivity (Wildman–Crippen MR) is 124 cm³/mol. The largest absolute Gasteiger partial charge is 0.481 e. The Kier molecular flexibility index (Phi) is 5.47. The molecule has 0 aliphatic heterocycles. The first kappa shape index (κ1) is 20.6. The first-order valence-electron chi connectivity index (χ1n) is 10.2. The number of aromatic nitrogens is 1. The third-order valence-corrected chi connectivity index (χ3v) is 4.93. The van der Waals surface area contributed by atoms with Crippen molar-refractivity contribution in [3.8, 4) is 28.1 Å². The number of carbonyl (C=O) groups excluding carboxylic acids is 1. The van der Waals surface area contributed by atoms with Crippen molar-refractivity contribution in [2.24, 2.45) is 0 Å². The van der Waals surface area contributed by atoms with Crippen molar-refractivity contribution >= 4 is 16.9 Å². The van der Waals surface area contributed by atoms with Crippen LogP contribution in [0.25, 0.3) is 33.2 Å². The van der Waals surface area contributed by atoms with Gasteiger partial charge in [0.1, 0.15) is 5.60 Å². The Labute approximate surface area is 182 Å². The Bertz CT molecular complexity index is 1240. The third kappa shape index (κ3) is 4.43. The molecule has 0 fully saturated rings. The number of hydrogen-bond donors (Lipinski definition) is 0. The second-order valence-electron chi connectivity index (χ2n) is 8.36. The number of methoxy groups -OCH3 is 1. The van der Waals surface area contributed by atoms with Crippen LogP contribution in [-0.2, 0) is 4.74 Å². The number of pyridine rings is 1. The predicted octanol–water partition coefficient (Wildman–Crippen LogP) is 6.53. The van der Waals surface area contributed by atoms with Gasteiger partial charge in [-0.2, -0.15) is 0 Å². The molecule has 31 heavy (non-hydrogen) atoms. The van der Waals surface area contributed by atoms with Crippen molar-refractivity contribution in [1.82, 2.24) is 4.98 Å². The minimum absolute atomic E-state index is 0.354. The van der Waals surface area contributed by atoms with Crippen molar-refractivity contribution < 1.29 is 14.3 Å². The molecule has 0 aliphatic rings. The van der Waals surface area contributed by atoms with Crippen LogP contribution in [0.2, 0.25) is 0 Å². The van der Waals surface area contributed by atoms with Gasteiger partial charge in [0.15, 0.2) is 0 Å². The fourth-order valence-electron chi connectivity index (χ4n) is 3.58. The lowest BCUT2D eigenvalue weighted by Crippen LogP contribution is -2.23. The SMILES string of the molecule is COc1cc(-c2ccccc2-c2ccccc2)c2cc(C(=O)OC(C)(C)C)ccc2n1. The first-order chi connectivity index (χ1) is 14.9. The molecule has 3 aromatic carbocycles. The summed E-state index contributed by atoms with van der Waals surface area (Å²) in [5.74, 6) is 0.169. The van der Waals surface area contributed by atoms with E-state index >= 15 is 0 Å². The average molecular weight is 412 g/mol. The van der Waals surface area contributed by atoms with E-state index in [-0.39, 0.29) is 5.97 Å². The standard InChI is InChI=1S/C27H25NO3/c1-27(2,3)31-26(29)19-14-15-24-23(16-19)22(17-25(28-24)30-4)21-13-9-8-12-20(21)18-10-6-5-7-11-18/h5-17H,1-4H3. The molecular formula is C27H25NO3. The molecule has 0 saturated heterocycles. The molecule has 0 saturated carbocycles. The van der Waals surface area contributed by atoms with E-state index in [1.807, 2.05) is 69.3 Å². The number of ether oxygens (including phenoxy) is 2. The highest BCUT2D eigenvalue weighted by Crippen LogP contribution is 2.37. The normalized spacial score (nSPS) is 11.4. The Morgan fingerprint density at radius 2 is 1.48 bits per heavy atom. The van der Waals surface area contributed by atoms with Crippen LogP contribution >= 0.6 is 0 Å². The molecule has 4 nitrogen and oxygen atoms in total. The minimum atomic E-state index is -0.563. The van der Waals surface area contributed by atoms with Gasteiger partial charge in [-0.15, -0.1) is 0 Å². The first-order valence-corrected chi connectivity index (χ1v) is 10.2. The Morgan fingerprint density at radius 3 is 2.16 bits per heavy atom. The fourth-order valence-corrected chi connectivity index (χ4v) is 3.58. The highest BCUT2D eigenvalue weighted by Gasteiger charge is 2.20.